The standard InChI is InChI=1S/C16H16NO2/c1-13-7-3-4-9-15(13)12-19-16-10-6-5-8-14(16)11-17-18-2/h3-12H,1-2H3/b17-11+. The molecule has 0 N–H and O–H groups in total. The van der Waals surface area contributed by atoms with Crippen molar-refractivity contribution in [1.82, 2.24) is 0 Å². The molecule has 0 unspecified atom stereocenters. The number of ether oxygens (including phenoxy) is 1. The second-order valence-electron chi connectivity index (χ2n) is 4.05. The Morgan fingerprint density at radius 2 is 1.63 bits per heavy atom. The number of hydrogen-bond donors (Lipinski definition) is 0. The molecule has 0 spiro atoms. The molecule has 1 radical (unpaired) electrons. The van der Waals surface area contributed by atoms with Gasteiger partial charge < -0.3 is 9.57 Å². The van der Waals surface area contributed by atoms with Crippen molar-refractivity contribution in [3.05, 3.63) is 71.8 Å². The van der Waals surface area contributed by atoms with E-state index in [9.17, 15) is 0 Å². The topological polar surface area (TPSA) is 30.8 Å². The van der Waals surface area contributed by atoms with Gasteiger partial charge in [0.1, 0.15) is 12.9 Å². The van der Waals surface area contributed by atoms with Crippen LogP contribution in [0.25, 0.3) is 0 Å². The molecule has 0 heterocycles. The SMILES string of the molecule is CO/N=C/c1ccccc1O[CH]c1ccccc1C. The van der Waals surface area contributed by atoms with Crippen LogP contribution in [-0.4, -0.2) is 13.3 Å². The van der Waals surface area contributed by atoms with Gasteiger partial charge in [-0.05, 0) is 30.2 Å². The zero-order valence-electron chi connectivity index (χ0n) is 11.0. The lowest BCUT2D eigenvalue weighted by molar-refractivity contribution is 0.215. The van der Waals surface area contributed by atoms with Gasteiger partial charge >= 0.3 is 0 Å². The van der Waals surface area contributed by atoms with Crippen LogP contribution >= 0.6 is 0 Å². The van der Waals surface area contributed by atoms with Gasteiger partial charge in [-0.15, -0.1) is 0 Å². The minimum absolute atomic E-state index is 0.742. The van der Waals surface area contributed by atoms with Crippen LogP contribution in [0.15, 0.2) is 53.7 Å². The first-order valence-electron chi connectivity index (χ1n) is 6.02. The summed E-state index contributed by atoms with van der Waals surface area (Å²) in [6, 6.07) is 15.7. The number of nitrogens with zero attached hydrogens (tertiary/aromatic N) is 1. The van der Waals surface area contributed by atoms with E-state index in [0.717, 1.165) is 16.9 Å². The predicted molar refractivity (Wildman–Crippen MR) is 76.3 cm³/mol. The van der Waals surface area contributed by atoms with Crippen LogP contribution < -0.4 is 4.74 Å². The van der Waals surface area contributed by atoms with Crippen LogP contribution in [0.4, 0.5) is 0 Å². The predicted octanol–water partition coefficient (Wildman–Crippen LogP) is 3.56. The van der Waals surface area contributed by atoms with Gasteiger partial charge in [0.2, 0.25) is 0 Å². The van der Waals surface area contributed by atoms with Gasteiger partial charge in [-0.1, -0.05) is 41.6 Å². The van der Waals surface area contributed by atoms with Crippen molar-refractivity contribution in [3.63, 3.8) is 0 Å². The van der Waals surface area contributed by atoms with Crippen LogP contribution in [0.2, 0.25) is 0 Å². The molecule has 19 heavy (non-hydrogen) atoms. The van der Waals surface area contributed by atoms with E-state index in [1.54, 1.807) is 12.8 Å². The summed E-state index contributed by atoms with van der Waals surface area (Å²) in [5.41, 5.74) is 3.10. The van der Waals surface area contributed by atoms with Gasteiger partial charge in [-0.2, -0.15) is 0 Å². The van der Waals surface area contributed by atoms with Crippen LogP contribution in [-0.2, 0) is 4.84 Å². The lowest BCUT2D eigenvalue weighted by Gasteiger charge is -2.09. The molecule has 0 amide bonds. The summed E-state index contributed by atoms with van der Waals surface area (Å²) in [6.45, 7) is 3.79. The van der Waals surface area contributed by atoms with Crippen molar-refractivity contribution in [2.45, 2.75) is 6.92 Å². The van der Waals surface area contributed by atoms with Crippen LogP contribution in [0.5, 0.6) is 5.75 Å². The quantitative estimate of drug-likeness (QED) is 0.603. The fourth-order valence-electron chi connectivity index (χ4n) is 1.65. The fraction of sp³-hybridized carbons (Fsp3) is 0.125. The molecule has 97 valence electrons. The number of benzene rings is 2. The third-order valence-corrected chi connectivity index (χ3v) is 2.72. The normalized spacial score (nSPS) is 10.6. The van der Waals surface area contributed by atoms with Crippen molar-refractivity contribution < 1.29 is 9.57 Å². The summed E-state index contributed by atoms with van der Waals surface area (Å²) >= 11 is 0. The lowest BCUT2D eigenvalue weighted by atomic mass is 10.1. The van der Waals surface area contributed by atoms with E-state index in [2.05, 4.69) is 9.99 Å². The fourth-order valence-corrected chi connectivity index (χ4v) is 1.65. The Morgan fingerprint density at radius 1 is 0.947 bits per heavy atom. The van der Waals surface area contributed by atoms with Gasteiger partial charge in [-0.3, -0.25) is 0 Å². The molecule has 0 aromatic heterocycles. The molecule has 2 aromatic rings. The monoisotopic (exact) mass is 254 g/mol. The Morgan fingerprint density at radius 3 is 2.37 bits per heavy atom. The number of hydrogen-bond acceptors (Lipinski definition) is 3. The molecule has 2 aromatic carbocycles. The van der Waals surface area contributed by atoms with E-state index in [1.807, 2.05) is 55.5 Å². The summed E-state index contributed by atoms with van der Waals surface area (Å²) in [7, 11) is 1.51. The highest BCUT2D eigenvalue weighted by atomic mass is 16.6. The van der Waals surface area contributed by atoms with Crippen LogP contribution in [0.1, 0.15) is 16.7 Å². The molecule has 0 bridgehead atoms. The zero-order chi connectivity index (χ0) is 13.5. The highest BCUT2D eigenvalue weighted by Crippen LogP contribution is 2.19. The first-order valence-corrected chi connectivity index (χ1v) is 6.02. The van der Waals surface area contributed by atoms with E-state index in [4.69, 9.17) is 4.74 Å². The van der Waals surface area contributed by atoms with E-state index in [0.29, 0.717) is 0 Å². The molecule has 0 atom stereocenters. The second kappa shape index (κ2) is 6.59. The van der Waals surface area contributed by atoms with Gasteiger partial charge in [0.25, 0.3) is 0 Å². The first-order chi connectivity index (χ1) is 9.31. The van der Waals surface area contributed by atoms with E-state index >= 15 is 0 Å². The van der Waals surface area contributed by atoms with Gasteiger partial charge in [0, 0.05) is 5.56 Å². The van der Waals surface area contributed by atoms with Crippen molar-refractivity contribution in [2.24, 2.45) is 5.16 Å². The molecule has 0 saturated carbocycles. The van der Waals surface area contributed by atoms with Gasteiger partial charge in [0.15, 0.2) is 6.61 Å². The molecule has 3 heteroatoms. The number of rotatable bonds is 5. The Hall–Kier alpha value is -2.29. The zero-order valence-corrected chi connectivity index (χ0v) is 11.0. The van der Waals surface area contributed by atoms with E-state index in [1.165, 1.54) is 12.7 Å². The Bertz CT molecular complexity index is 564. The highest BCUT2D eigenvalue weighted by Gasteiger charge is 2.03. The number of aryl methyl sites for hydroxylation is 1. The Kier molecular flexibility index (Phi) is 4.56. The van der Waals surface area contributed by atoms with E-state index < -0.39 is 0 Å². The summed E-state index contributed by atoms with van der Waals surface area (Å²) in [4.78, 5) is 4.69. The Labute approximate surface area is 113 Å². The van der Waals surface area contributed by atoms with E-state index in [-0.39, 0.29) is 0 Å². The van der Waals surface area contributed by atoms with Crippen LogP contribution in [0, 0.1) is 13.5 Å². The second-order valence-corrected chi connectivity index (χ2v) is 4.05. The van der Waals surface area contributed by atoms with Crippen LogP contribution in [0.3, 0.4) is 0 Å². The molecule has 0 fully saturated rings. The maximum absolute atomic E-state index is 5.73. The summed E-state index contributed by atoms with van der Waals surface area (Å²) < 4.78 is 5.73. The molecule has 0 aliphatic heterocycles. The molecule has 0 saturated heterocycles. The summed E-state index contributed by atoms with van der Waals surface area (Å²) in [5, 5.41) is 3.76. The van der Waals surface area contributed by atoms with Crippen molar-refractivity contribution >= 4 is 6.21 Å². The minimum Gasteiger partial charge on any atom is -0.481 e. The molecule has 0 aliphatic rings. The van der Waals surface area contributed by atoms with Gasteiger partial charge in [0.05, 0.1) is 6.21 Å². The molecule has 0 aliphatic carbocycles. The molecular formula is C16H16NO2. The largest absolute Gasteiger partial charge is 0.481 e. The first kappa shape index (κ1) is 13.1. The highest BCUT2D eigenvalue weighted by molar-refractivity contribution is 5.83. The van der Waals surface area contributed by atoms with Crippen molar-refractivity contribution in [2.75, 3.05) is 7.11 Å². The summed E-state index contributed by atoms with van der Waals surface area (Å²) in [5.74, 6) is 0.742. The Balaban J connectivity index is 2.11. The smallest absolute Gasteiger partial charge is 0.165 e. The maximum atomic E-state index is 5.73. The average Bonchev–Trinajstić information content (AvgIpc) is 2.45. The third-order valence-electron chi connectivity index (χ3n) is 2.72. The lowest BCUT2D eigenvalue weighted by Crippen LogP contribution is -1.97. The molecule has 3 nitrogen and oxygen atoms in total. The van der Waals surface area contributed by atoms with Crippen molar-refractivity contribution in [3.8, 4) is 5.75 Å². The molecule has 2 rings (SSSR count). The maximum Gasteiger partial charge on any atom is 0.165 e. The molecular weight excluding hydrogens is 238 g/mol. The van der Waals surface area contributed by atoms with Crippen molar-refractivity contribution in [1.29, 1.82) is 0 Å². The third kappa shape index (κ3) is 3.58. The van der Waals surface area contributed by atoms with Gasteiger partial charge in [-0.25, -0.2) is 0 Å². The minimum atomic E-state index is 0.742. The average molecular weight is 254 g/mol. The number of oxime groups is 1. The number of para-hydroxylation sites is 1. The summed E-state index contributed by atoms with van der Waals surface area (Å²) in [6.07, 6.45) is 1.63.